The standard InChI is InChI=1S/C36H40FN3O5S/c1-26(2)23-38-36(42)34(21-28-9-6-5-7-10-28)39(24-29-15-17-30(37)18-16-29)35(41)25-40(31-11-8-12-32(22-31)45-4)46(43,44)33-19-13-27(3)14-20-33/h5-20,22,26,34H,21,23-25H2,1-4H3,(H,38,42)/t34-/m1/s1. The van der Waals surface area contributed by atoms with Crippen molar-refractivity contribution < 1.29 is 27.1 Å². The maximum atomic E-state index is 14.5. The van der Waals surface area contributed by atoms with Gasteiger partial charge in [0.15, 0.2) is 0 Å². The van der Waals surface area contributed by atoms with Gasteiger partial charge in [0.2, 0.25) is 11.8 Å². The second-order valence-corrected chi connectivity index (χ2v) is 13.4. The number of sulfonamides is 1. The summed E-state index contributed by atoms with van der Waals surface area (Å²) in [5.41, 5.74) is 2.50. The van der Waals surface area contributed by atoms with Gasteiger partial charge in [-0.25, -0.2) is 12.8 Å². The van der Waals surface area contributed by atoms with Gasteiger partial charge in [-0.05, 0) is 60.4 Å². The van der Waals surface area contributed by atoms with E-state index in [1.165, 1.54) is 36.3 Å². The molecule has 46 heavy (non-hydrogen) atoms. The molecule has 1 N–H and O–H groups in total. The van der Waals surface area contributed by atoms with Gasteiger partial charge >= 0.3 is 0 Å². The number of methoxy groups -OCH3 is 1. The Hall–Kier alpha value is -4.70. The predicted molar refractivity (Wildman–Crippen MR) is 177 cm³/mol. The number of hydrogen-bond acceptors (Lipinski definition) is 5. The fourth-order valence-corrected chi connectivity index (χ4v) is 6.30. The van der Waals surface area contributed by atoms with Crippen molar-refractivity contribution in [2.75, 3.05) is 24.5 Å². The van der Waals surface area contributed by atoms with E-state index in [0.717, 1.165) is 15.4 Å². The Bertz CT molecular complexity index is 1710. The molecular weight excluding hydrogens is 605 g/mol. The summed E-state index contributed by atoms with van der Waals surface area (Å²) in [6.07, 6.45) is 0.182. The Kier molecular flexibility index (Phi) is 11.5. The van der Waals surface area contributed by atoms with Crippen LogP contribution >= 0.6 is 0 Å². The number of carbonyl (C=O) groups excluding carboxylic acids is 2. The zero-order valence-corrected chi connectivity index (χ0v) is 27.3. The zero-order chi connectivity index (χ0) is 33.3. The average Bonchev–Trinajstić information content (AvgIpc) is 3.05. The third kappa shape index (κ3) is 8.94. The highest BCUT2D eigenvalue weighted by atomic mass is 32.2. The number of rotatable bonds is 14. The Morgan fingerprint density at radius 2 is 1.54 bits per heavy atom. The van der Waals surface area contributed by atoms with Gasteiger partial charge in [0.25, 0.3) is 10.0 Å². The number of benzene rings is 4. The Morgan fingerprint density at radius 1 is 0.870 bits per heavy atom. The normalized spacial score (nSPS) is 12.0. The first-order valence-electron chi connectivity index (χ1n) is 15.1. The topological polar surface area (TPSA) is 96.0 Å². The second-order valence-electron chi connectivity index (χ2n) is 11.5. The molecule has 0 saturated heterocycles. The minimum Gasteiger partial charge on any atom is -0.497 e. The van der Waals surface area contributed by atoms with Crippen molar-refractivity contribution in [3.63, 3.8) is 0 Å². The lowest BCUT2D eigenvalue weighted by atomic mass is 10.0. The van der Waals surface area contributed by atoms with Crippen LogP contribution in [-0.4, -0.2) is 51.4 Å². The first kappa shape index (κ1) is 34.2. The van der Waals surface area contributed by atoms with E-state index in [-0.39, 0.29) is 35.4 Å². The summed E-state index contributed by atoms with van der Waals surface area (Å²) < 4.78 is 48.6. The minimum absolute atomic E-state index is 0.00863. The second kappa shape index (κ2) is 15.5. The molecule has 242 valence electrons. The van der Waals surface area contributed by atoms with E-state index in [2.05, 4.69) is 5.32 Å². The highest BCUT2D eigenvalue weighted by Crippen LogP contribution is 2.28. The van der Waals surface area contributed by atoms with Gasteiger partial charge in [-0.1, -0.05) is 80.1 Å². The quantitative estimate of drug-likeness (QED) is 0.189. The average molecular weight is 646 g/mol. The Morgan fingerprint density at radius 3 is 2.17 bits per heavy atom. The SMILES string of the molecule is COc1cccc(N(CC(=O)N(Cc2ccc(F)cc2)[C@H](Cc2ccccc2)C(=O)NCC(C)C)S(=O)(=O)c2ccc(C)cc2)c1. The third-order valence-corrected chi connectivity index (χ3v) is 9.24. The molecule has 0 aliphatic carbocycles. The number of carbonyl (C=O) groups is 2. The van der Waals surface area contributed by atoms with Crippen LogP contribution < -0.4 is 14.4 Å². The molecule has 10 heteroatoms. The van der Waals surface area contributed by atoms with Gasteiger partial charge in [-0.2, -0.15) is 0 Å². The van der Waals surface area contributed by atoms with Gasteiger partial charge in [-0.3, -0.25) is 13.9 Å². The van der Waals surface area contributed by atoms with Crippen LogP contribution in [0.5, 0.6) is 5.75 Å². The van der Waals surface area contributed by atoms with Crippen LogP contribution in [0, 0.1) is 18.7 Å². The highest BCUT2D eigenvalue weighted by Gasteiger charge is 2.34. The van der Waals surface area contributed by atoms with Crippen molar-refractivity contribution in [3.8, 4) is 5.75 Å². The van der Waals surface area contributed by atoms with E-state index >= 15 is 0 Å². The maximum Gasteiger partial charge on any atom is 0.264 e. The van der Waals surface area contributed by atoms with Crippen LogP contribution in [0.3, 0.4) is 0 Å². The first-order valence-corrected chi connectivity index (χ1v) is 16.5. The minimum atomic E-state index is -4.25. The lowest BCUT2D eigenvalue weighted by Gasteiger charge is -2.34. The number of aryl methyl sites for hydroxylation is 1. The molecule has 0 aliphatic heterocycles. The van der Waals surface area contributed by atoms with E-state index in [9.17, 15) is 22.4 Å². The molecule has 4 aromatic carbocycles. The van der Waals surface area contributed by atoms with Crippen LogP contribution in [0.25, 0.3) is 0 Å². The van der Waals surface area contributed by atoms with E-state index in [4.69, 9.17) is 4.74 Å². The van der Waals surface area contributed by atoms with Crippen molar-refractivity contribution >= 4 is 27.5 Å². The Labute approximate surface area is 270 Å². The fraction of sp³-hybridized carbons (Fsp3) is 0.278. The molecule has 0 aromatic heterocycles. The van der Waals surface area contributed by atoms with Gasteiger partial charge in [0.05, 0.1) is 17.7 Å². The number of ether oxygens (including phenoxy) is 1. The molecule has 0 unspecified atom stereocenters. The fourth-order valence-electron chi connectivity index (χ4n) is 4.89. The van der Waals surface area contributed by atoms with Gasteiger partial charge in [0, 0.05) is 25.6 Å². The van der Waals surface area contributed by atoms with Gasteiger partial charge in [0.1, 0.15) is 24.2 Å². The van der Waals surface area contributed by atoms with Crippen LogP contribution in [0.15, 0.2) is 108 Å². The van der Waals surface area contributed by atoms with E-state index < -0.39 is 34.3 Å². The van der Waals surface area contributed by atoms with Crippen molar-refractivity contribution in [1.82, 2.24) is 10.2 Å². The number of hydrogen-bond donors (Lipinski definition) is 1. The molecule has 8 nitrogen and oxygen atoms in total. The highest BCUT2D eigenvalue weighted by molar-refractivity contribution is 7.92. The van der Waals surface area contributed by atoms with Crippen LogP contribution in [0.4, 0.5) is 10.1 Å². The zero-order valence-electron chi connectivity index (χ0n) is 26.5. The molecule has 0 saturated carbocycles. The predicted octanol–water partition coefficient (Wildman–Crippen LogP) is 5.75. The number of nitrogens with zero attached hydrogens (tertiary/aromatic N) is 2. The number of anilines is 1. The molecule has 0 aliphatic rings. The number of nitrogens with one attached hydrogen (secondary N) is 1. The molecule has 0 bridgehead atoms. The molecular formula is C36H40FN3O5S. The summed E-state index contributed by atoms with van der Waals surface area (Å²) in [5, 5.41) is 2.95. The van der Waals surface area contributed by atoms with Crippen molar-refractivity contribution in [2.24, 2.45) is 5.92 Å². The number of halogens is 1. The lowest BCUT2D eigenvalue weighted by Crippen LogP contribution is -2.53. The van der Waals surface area contributed by atoms with Gasteiger partial charge < -0.3 is 15.0 Å². The molecule has 0 heterocycles. The molecule has 0 radical (unpaired) electrons. The van der Waals surface area contributed by atoms with E-state index in [0.29, 0.717) is 17.9 Å². The van der Waals surface area contributed by atoms with Crippen LogP contribution in [0.1, 0.15) is 30.5 Å². The van der Waals surface area contributed by atoms with Crippen molar-refractivity contribution in [3.05, 3.63) is 126 Å². The Balaban J connectivity index is 1.81. The smallest absolute Gasteiger partial charge is 0.264 e. The summed E-state index contributed by atoms with van der Waals surface area (Å²) in [5.74, 6) is -0.852. The van der Waals surface area contributed by atoms with E-state index in [1.54, 1.807) is 48.5 Å². The van der Waals surface area contributed by atoms with Crippen LogP contribution in [-0.2, 0) is 32.6 Å². The summed E-state index contributed by atoms with van der Waals surface area (Å²) in [4.78, 5) is 29.7. The lowest BCUT2D eigenvalue weighted by molar-refractivity contribution is -0.140. The van der Waals surface area contributed by atoms with Crippen molar-refractivity contribution in [2.45, 2.75) is 44.7 Å². The van der Waals surface area contributed by atoms with E-state index in [1.807, 2.05) is 51.1 Å². The van der Waals surface area contributed by atoms with Gasteiger partial charge in [-0.15, -0.1) is 0 Å². The summed E-state index contributed by atoms with van der Waals surface area (Å²) in [7, 11) is -2.78. The number of amides is 2. The first-order chi connectivity index (χ1) is 22.0. The molecule has 4 rings (SSSR count). The van der Waals surface area contributed by atoms with Crippen LogP contribution in [0.2, 0.25) is 0 Å². The molecule has 0 spiro atoms. The summed E-state index contributed by atoms with van der Waals surface area (Å²) in [6, 6.07) is 26.8. The maximum absolute atomic E-state index is 14.5. The summed E-state index contributed by atoms with van der Waals surface area (Å²) >= 11 is 0. The van der Waals surface area contributed by atoms with Crippen molar-refractivity contribution in [1.29, 1.82) is 0 Å². The molecule has 2 amide bonds. The largest absolute Gasteiger partial charge is 0.497 e. The monoisotopic (exact) mass is 645 g/mol. The molecule has 1 atom stereocenters. The third-order valence-electron chi connectivity index (χ3n) is 7.45. The molecule has 4 aromatic rings. The summed E-state index contributed by atoms with van der Waals surface area (Å²) in [6.45, 7) is 5.52. The molecule has 0 fully saturated rings.